The molecule has 0 atom stereocenters. The smallest absolute Gasteiger partial charge is 0.293 e. The van der Waals surface area contributed by atoms with Crippen LogP contribution in [0.3, 0.4) is 0 Å². The number of carbonyl (C=O) groups is 1. The number of rotatable bonds is 9. The van der Waals surface area contributed by atoms with Crippen LogP contribution in [0.1, 0.15) is 39.0 Å². The second-order valence-corrected chi connectivity index (χ2v) is 3.15. The van der Waals surface area contributed by atoms with Gasteiger partial charge in [-0.3, -0.25) is 9.79 Å². The van der Waals surface area contributed by atoms with E-state index in [9.17, 15) is 4.79 Å². The number of hydrogen-bond donors (Lipinski definition) is 1. The molecule has 2 N–H and O–H groups in total. The van der Waals surface area contributed by atoms with Crippen LogP contribution in [0.25, 0.3) is 0 Å². The number of amidine groups is 1. The van der Waals surface area contributed by atoms with E-state index in [1.54, 1.807) is 0 Å². The Labute approximate surface area is 85.5 Å². The highest BCUT2D eigenvalue weighted by Crippen LogP contribution is 1.96. The number of nitrogens with zero attached hydrogens (tertiary/aromatic N) is 1. The molecule has 0 aromatic rings. The predicted molar refractivity (Wildman–Crippen MR) is 57.3 cm³/mol. The van der Waals surface area contributed by atoms with Crippen LogP contribution < -0.4 is 5.73 Å². The maximum Gasteiger partial charge on any atom is 0.293 e. The summed E-state index contributed by atoms with van der Waals surface area (Å²) in [6, 6.07) is 0. The van der Waals surface area contributed by atoms with Crippen molar-refractivity contribution in [3.63, 3.8) is 0 Å². The molecule has 0 aliphatic heterocycles. The molecule has 0 aromatic carbocycles. The van der Waals surface area contributed by atoms with Crippen molar-refractivity contribution in [2.45, 2.75) is 39.0 Å². The Hall–Kier alpha value is -1.06. The highest BCUT2D eigenvalue weighted by molar-refractivity contribution is 5.80. The topological polar surface area (TPSA) is 64.7 Å². The van der Waals surface area contributed by atoms with Gasteiger partial charge >= 0.3 is 0 Å². The van der Waals surface area contributed by atoms with Crippen molar-refractivity contribution < 1.29 is 9.53 Å². The van der Waals surface area contributed by atoms with E-state index >= 15 is 0 Å². The first-order chi connectivity index (χ1) is 6.81. The fourth-order valence-electron chi connectivity index (χ4n) is 0.999. The lowest BCUT2D eigenvalue weighted by Gasteiger charge is -2.00. The minimum absolute atomic E-state index is 0.471. The van der Waals surface area contributed by atoms with E-state index in [2.05, 4.69) is 16.7 Å². The Balaban J connectivity index is 3.29. The Kier molecular flexibility index (Phi) is 9.26. The number of unbranched alkanes of at least 4 members (excludes halogenated alkanes) is 2. The first kappa shape index (κ1) is 12.9. The van der Waals surface area contributed by atoms with Gasteiger partial charge in [-0.05, 0) is 19.3 Å². The summed E-state index contributed by atoms with van der Waals surface area (Å²) in [6.45, 7) is 3.90. The highest BCUT2D eigenvalue weighted by Gasteiger charge is 1.93. The van der Waals surface area contributed by atoms with Crippen LogP contribution in [0, 0.1) is 0 Å². The fraction of sp³-hybridized carbons (Fsp3) is 0.800. The maximum absolute atomic E-state index is 9.81. The van der Waals surface area contributed by atoms with E-state index in [-0.39, 0.29) is 0 Å². The van der Waals surface area contributed by atoms with Crippen LogP contribution in [0.4, 0.5) is 0 Å². The molecular formula is C10H20N2O2. The van der Waals surface area contributed by atoms with Gasteiger partial charge in [-0.15, -0.1) is 0 Å². The van der Waals surface area contributed by atoms with E-state index < -0.39 is 0 Å². The third kappa shape index (κ3) is 9.03. The first-order valence-electron chi connectivity index (χ1n) is 5.15. The quantitative estimate of drug-likeness (QED) is 0.265. The molecule has 0 saturated carbocycles. The van der Waals surface area contributed by atoms with Gasteiger partial charge in [-0.2, -0.15) is 0 Å². The highest BCUT2D eigenvalue weighted by atomic mass is 16.5. The third-order valence-corrected chi connectivity index (χ3v) is 1.84. The summed E-state index contributed by atoms with van der Waals surface area (Å²) in [6.07, 6.45) is 4.81. The molecule has 0 heterocycles. The minimum atomic E-state index is 0.471. The van der Waals surface area contributed by atoms with Gasteiger partial charge in [0.25, 0.3) is 6.47 Å². The molecular weight excluding hydrogens is 180 g/mol. The van der Waals surface area contributed by atoms with Gasteiger partial charge in [0.2, 0.25) is 0 Å². The Bertz CT molecular complexity index is 170. The van der Waals surface area contributed by atoms with Crippen LogP contribution in [-0.2, 0) is 9.53 Å². The maximum atomic E-state index is 9.81. The summed E-state index contributed by atoms with van der Waals surface area (Å²) in [5.74, 6) is 0.713. The van der Waals surface area contributed by atoms with Crippen molar-refractivity contribution in [2.75, 3.05) is 13.2 Å². The van der Waals surface area contributed by atoms with Crippen LogP contribution in [0.15, 0.2) is 4.99 Å². The SMILES string of the molecule is CCCCN=C(N)CCCCOC=O. The number of ether oxygens (including phenoxy) is 1. The van der Waals surface area contributed by atoms with Gasteiger partial charge in [0.05, 0.1) is 12.4 Å². The van der Waals surface area contributed by atoms with E-state index in [0.717, 1.165) is 38.6 Å². The summed E-state index contributed by atoms with van der Waals surface area (Å²) in [7, 11) is 0. The van der Waals surface area contributed by atoms with Gasteiger partial charge in [0.1, 0.15) is 0 Å². The van der Waals surface area contributed by atoms with Crippen molar-refractivity contribution in [1.82, 2.24) is 0 Å². The fourth-order valence-corrected chi connectivity index (χ4v) is 0.999. The zero-order valence-corrected chi connectivity index (χ0v) is 8.87. The molecule has 0 unspecified atom stereocenters. The number of nitrogens with two attached hydrogens (primary N) is 1. The number of carbonyl (C=O) groups excluding carboxylic acids is 1. The molecule has 82 valence electrons. The van der Waals surface area contributed by atoms with E-state index in [1.165, 1.54) is 0 Å². The van der Waals surface area contributed by atoms with E-state index in [4.69, 9.17) is 5.73 Å². The molecule has 4 nitrogen and oxygen atoms in total. The van der Waals surface area contributed by atoms with Gasteiger partial charge in [-0.1, -0.05) is 13.3 Å². The number of aliphatic imine (C=N–C) groups is 1. The number of hydrogen-bond acceptors (Lipinski definition) is 3. The van der Waals surface area contributed by atoms with Gasteiger partial charge < -0.3 is 10.5 Å². The molecule has 0 fully saturated rings. The van der Waals surface area contributed by atoms with Gasteiger partial charge in [0.15, 0.2) is 0 Å². The Morgan fingerprint density at radius 3 is 2.86 bits per heavy atom. The normalized spacial score (nSPS) is 11.4. The standard InChI is InChI=1S/C10H20N2O2/c1-2-3-7-12-10(11)6-4-5-8-14-9-13/h9H,2-8H2,1H3,(H2,11,12). The van der Waals surface area contributed by atoms with Crippen LogP contribution in [0.5, 0.6) is 0 Å². The summed E-state index contributed by atoms with van der Waals surface area (Å²) in [4.78, 5) is 14.0. The molecule has 0 radical (unpaired) electrons. The molecule has 0 spiro atoms. The summed E-state index contributed by atoms with van der Waals surface area (Å²) in [5, 5.41) is 0. The zero-order chi connectivity index (χ0) is 10.6. The molecule has 14 heavy (non-hydrogen) atoms. The molecule has 4 heteroatoms. The lowest BCUT2D eigenvalue weighted by atomic mass is 10.2. The van der Waals surface area contributed by atoms with Gasteiger partial charge in [0, 0.05) is 13.0 Å². The Morgan fingerprint density at radius 1 is 1.43 bits per heavy atom. The van der Waals surface area contributed by atoms with Crippen molar-refractivity contribution in [2.24, 2.45) is 10.7 Å². The lowest BCUT2D eigenvalue weighted by Crippen LogP contribution is -2.12. The molecule has 0 aliphatic rings. The molecule has 0 aromatic heterocycles. The molecule has 0 bridgehead atoms. The van der Waals surface area contributed by atoms with Crippen molar-refractivity contribution in [1.29, 1.82) is 0 Å². The van der Waals surface area contributed by atoms with Crippen LogP contribution in [0.2, 0.25) is 0 Å². The van der Waals surface area contributed by atoms with Crippen LogP contribution >= 0.6 is 0 Å². The van der Waals surface area contributed by atoms with E-state index in [0.29, 0.717) is 18.9 Å². The largest absolute Gasteiger partial charge is 0.468 e. The molecule has 0 rings (SSSR count). The molecule has 0 amide bonds. The second-order valence-electron chi connectivity index (χ2n) is 3.15. The lowest BCUT2D eigenvalue weighted by molar-refractivity contribution is -0.128. The van der Waals surface area contributed by atoms with Crippen molar-refractivity contribution >= 4 is 12.3 Å². The molecule has 0 saturated heterocycles. The molecule has 0 aliphatic carbocycles. The summed E-state index contributed by atoms with van der Waals surface area (Å²) < 4.78 is 4.55. The average molecular weight is 200 g/mol. The van der Waals surface area contributed by atoms with Crippen LogP contribution in [-0.4, -0.2) is 25.5 Å². The van der Waals surface area contributed by atoms with Crippen molar-refractivity contribution in [3.8, 4) is 0 Å². The predicted octanol–water partition coefficient (Wildman–Crippen LogP) is 1.49. The van der Waals surface area contributed by atoms with Gasteiger partial charge in [-0.25, -0.2) is 0 Å². The second kappa shape index (κ2) is 10.0. The Morgan fingerprint density at radius 2 is 2.21 bits per heavy atom. The average Bonchev–Trinajstić information content (AvgIpc) is 2.18. The summed E-state index contributed by atoms with van der Waals surface area (Å²) >= 11 is 0. The van der Waals surface area contributed by atoms with Crippen molar-refractivity contribution in [3.05, 3.63) is 0 Å². The first-order valence-corrected chi connectivity index (χ1v) is 5.15. The monoisotopic (exact) mass is 200 g/mol. The third-order valence-electron chi connectivity index (χ3n) is 1.84. The zero-order valence-electron chi connectivity index (χ0n) is 8.87. The summed E-state index contributed by atoms with van der Waals surface area (Å²) in [5.41, 5.74) is 5.67. The van der Waals surface area contributed by atoms with E-state index in [1.807, 2.05) is 0 Å². The minimum Gasteiger partial charge on any atom is -0.468 e.